The Hall–Kier alpha value is -0.810. The third-order valence-corrected chi connectivity index (χ3v) is 2.38. The van der Waals surface area contributed by atoms with E-state index in [-0.39, 0.29) is 0 Å². The number of nitriles is 1. The molecule has 0 spiro atoms. The Bertz CT molecular complexity index is 206. The largest absolute Gasteiger partial charge is 0.297 e. The van der Waals surface area contributed by atoms with E-state index in [9.17, 15) is 0 Å². The van der Waals surface area contributed by atoms with Crippen molar-refractivity contribution >= 4 is 0 Å². The zero-order chi connectivity index (χ0) is 8.97. The Balaban J connectivity index is 2.47. The van der Waals surface area contributed by atoms with E-state index >= 15 is 0 Å². The van der Waals surface area contributed by atoms with Crippen LogP contribution in [0.2, 0.25) is 0 Å². The molecule has 0 aromatic heterocycles. The summed E-state index contributed by atoms with van der Waals surface area (Å²) in [6.45, 7) is 6.41. The molecule has 2 heteroatoms. The second-order valence-corrected chi connectivity index (χ2v) is 3.45. The first kappa shape index (κ1) is 9.28. The Morgan fingerprint density at radius 2 is 2.08 bits per heavy atom. The lowest BCUT2D eigenvalue weighted by molar-refractivity contribution is 0.299. The molecule has 0 N–H and O–H groups in total. The van der Waals surface area contributed by atoms with Gasteiger partial charge in [0.05, 0.1) is 6.07 Å². The fraction of sp³-hybridized carbons (Fsp3) is 0.700. The summed E-state index contributed by atoms with van der Waals surface area (Å²) < 4.78 is 0. The molecule has 1 fully saturated rings. The van der Waals surface area contributed by atoms with Crippen LogP contribution in [0.1, 0.15) is 26.7 Å². The van der Waals surface area contributed by atoms with Gasteiger partial charge in [-0.1, -0.05) is 6.08 Å². The van der Waals surface area contributed by atoms with Gasteiger partial charge in [0.15, 0.2) is 0 Å². The average molecular weight is 164 g/mol. The first-order valence-corrected chi connectivity index (χ1v) is 4.56. The molecular formula is C10H16N2. The third-order valence-electron chi connectivity index (χ3n) is 2.38. The van der Waals surface area contributed by atoms with Crippen molar-refractivity contribution in [2.45, 2.75) is 32.7 Å². The van der Waals surface area contributed by atoms with Crippen LogP contribution in [0.25, 0.3) is 0 Å². The molecule has 0 aromatic rings. The normalized spacial score (nSPS) is 22.2. The second-order valence-electron chi connectivity index (χ2n) is 3.45. The van der Waals surface area contributed by atoms with Crippen LogP contribution in [0.15, 0.2) is 11.6 Å². The summed E-state index contributed by atoms with van der Waals surface area (Å²) >= 11 is 0. The molecule has 0 aromatic carbocycles. The number of nitrogens with zero attached hydrogens (tertiary/aromatic N) is 2. The maximum Gasteiger partial charge on any atom is 0.0941 e. The van der Waals surface area contributed by atoms with Gasteiger partial charge in [-0.15, -0.1) is 0 Å². The van der Waals surface area contributed by atoms with Crippen LogP contribution in [0, 0.1) is 11.3 Å². The molecule has 0 radical (unpaired) electrons. The van der Waals surface area contributed by atoms with Gasteiger partial charge in [-0.25, -0.2) is 0 Å². The van der Waals surface area contributed by atoms with Gasteiger partial charge in [-0.3, -0.25) is 4.90 Å². The lowest BCUT2D eigenvalue weighted by atomic mass is 10.2. The van der Waals surface area contributed by atoms with E-state index in [4.69, 9.17) is 5.26 Å². The summed E-state index contributed by atoms with van der Waals surface area (Å²) in [4.78, 5) is 2.42. The van der Waals surface area contributed by atoms with E-state index in [1.165, 1.54) is 25.9 Å². The molecule has 1 unspecified atom stereocenters. The van der Waals surface area contributed by atoms with Crippen LogP contribution < -0.4 is 0 Å². The monoisotopic (exact) mass is 164 g/mol. The molecule has 1 aliphatic heterocycles. The van der Waals surface area contributed by atoms with Crippen molar-refractivity contribution in [3.05, 3.63) is 11.6 Å². The second kappa shape index (κ2) is 4.27. The Kier molecular flexibility index (Phi) is 3.31. The summed E-state index contributed by atoms with van der Waals surface area (Å²) in [6.07, 6.45) is 4.67. The molecule has 1 heterocycles. The third kappa shape index (κ3) is 2.35. The molecule has 0 bridgehead atoms. The Morgan fingerprint density at radius 3 is 2.58 bits per heavy atom. The lowest BCUT2D eigenvalue weighted by Crippen LogP contribution is -2.28. The number of likely N-dealkylation sites (tertiary alicyclic amines) is 1. The highest BCUT2D eigenvalue weighted by atomic mass is 15.2. The smallest absolute Gasteiger partial charge is 0.0941 e. The van der Waals surface area contributed by atoms with E-state index in [1.54, 1.807) is 0 Å². The van der Waals surface area contributed by atoms with Crippen LogP contribution in [0.4, 0.5) is 0 Å². The van der Waals surface area contributed by atoms with Crippen molar-refractivity contribution in [2.24, 2.45) is 0 Å². The molecule has 0 amide bonds. The molecule has 1 aliphatic rings. The van der Waals surface area contributed by atoms with Gasteiger partial charge in [0.2, 0.25) is 0 Å². The van der Waals surface area contributed by atoms with Gasteiger partial charge in [0, 0.05) is 11.6 Å². The molecule has 0 aliphatic carbocycles. The summed E-state index contributed by atoms with van der Waals surface area (Å²) in [5, 5.41) is 8.59. The minimum atomic E-state index is 0.437. The molecule has 1 rings (SSSR count). The Labute approximate surface area is 74.5 Å². The molecule has 66 valence electrons. The van der Waals surface area contributed by atoms with E-state index in [0.29, 0.717) is 6.04 Å². The molecule has 1 saturated heterocycles. The fourth-order valence-electron chi connectivity index (χ4n) is 1.65. The predicted octanol–water partition coefficient (Wildman–Crippen LogP) is 1.94. The van der Waals surface area contributed by atoms with Crippen molar-refractivity contribution < 1.29 is 0 Å². The SMILES string of the molecule is C/C(C#N)=C\C(C)N1CCCC1. The van der Waals surface area contributed by atoms with Gasteiger partial charge >= 0.3 is 0 Å². The first-order chi connectivity index (χ1) is 5.74. The average Bonchev–Trinajstić information content (AvgIpc) is 2.56. The topological polar surface area (TPSA) is 27.0 Å². The van der Waals surface area contributed by atoms with Gasteiger partial charge in [0.1, 0.15) is 0 Å². The highest BCUT2D eigenvalue weighted by Crippen LogP contribution is 2.12. The van der Waals surface area contributed by atoms with Gasteiger partial charge < -0.3 is 0 Å². The van der Waals surface area contributed by atoms with Crippen molar-refractivity contribution in [3.8, 4) is 6.07 Å². The van der Waals surface area contributed by atoms with Crippen molar-refractivity contribution in [3.63, 3.8) is 0 Å². The maximum atomic E-state index is 8.59. The first-order valence-electron chi connectivity index (χ1n) is 4.56. The molecule has 0 saturated carbocycles. The summed E-state index contributed by atoms with van der Waals surface area (Å²) in [5.41, 5.74) is 0.828. The highest BCUT2D eigenvalue weighted by Gasteiger charge is 2.15. The number of hydrogen-bond acceptors (Lipinski definition) is 2. The zero-order valence-electron chi connectivity index (χ0n) is 7.88. The maximum absolute atomic E-state index is 8.59. The molecule has 2 nitrogen and oxygen atoms in total. The molecule has 1 atom stereocenters. The number of hydrogen-bond donors (Lipinski definition) is 0. The summed E-state index contributed by atoms with van der Waals surface area (Å²) in [7, 11) is 0. The van der Waals surface area contributed by atoms with E-state index in [0.717, 1.165) is 5.57 Å². The van der Waals surface area contributed by atoms with Gasteiger partial charge in [0.25, 0.3) is 0 Å². The minimum absolute atomic E-state index is 0.437. The minimum Gasteiger partial charge on any atom is -0.297 e. The zero-order valence-corrected chi connectivity index (χ0v) is 7.88. The number of rotatable bonds is 2. The summed E-state index contributed by atoms with van der Waals surface area (Å²) in [6, 6.07) is 2.59. The molecule has 12 heavy (non-hydrogen) atoms. The van der Waals surface area contributed by atoms with E-state index in [1.807, 2.05) is 13.0 Å². The van der Waals surface area contributed by atoms with E-state index in [2.05, 4.69) is 17.9 Å². The fourth-order valence-corrected chi connectivity index (χ4v) is 1.65. The van der Waals surface area contributed by atoms with Crippen LogP contribution in [-0.2, 0) is 0 Å². The van der Waals surface area contributed by atoms with Gasteiger partial charge in [-0.05, 0) is 39.8 Å². The van der Waals surface area contributed by atoms with Crippen LogP contribution in [0.5, 0.6) is 0 Å². The van der Waals surface area contributed by atoms with Crippen LogP contribution in [0.3, 0.4) is 0 Å². The molecular weight excluding hydrogens is 148 g/mol. The summed E-state index contributed by atoms with van der Waals surface area (Å²) in [5.74, 6) is 0. The van der Waals surface area contributed by atoms with Crippen molar-refractivity contribution in [1.82, 2.24) is 4.90 Å². The van der Waals surface area contributed by atoms with Crippen LogP contribution in [-0.4, -0.2) is 24.0 Å². The lowest BCUT2D eigenvalue weighted by Gasteiger charge is -2.20. The van der Waals surface area contributed by atoms with Crippen molar-refractivity contribution in [1.29, 1.82) is 5.26 Å². The highest BCUT2D eigenvalue weighted by molar-refractivity contribution is 5.19. The predicted molar refractivity (Wildman–Crippen MR) is 49.6 cm³/mol. The van der Waals surface area contributed by atoms with Gasteiger partial charge in [-0.2, -0.15) is 5.26 Å². The van der Waals surface area contributed by atoms with Crippen LogP contribution >= 0.6 is 0 Å². The standard InChI is InChI=1S/C10H16N2/c1-9(8-11)7-10(2)12-5-3-4-6-12/h7,10H,3-6H2,1-2H3/b9-7+. The number of allylic oxidation sites excluding steroid dienone is 1. The van der Waals surface area contributed by atoms with E-state index < -0.39 is 0 Å². The quantitative estimate of drug-likeness (QED) is 0.583. The Morgan fingerprint density at radius 1 is 1.50 bits per heavy atom. The van der Waals surface area contributed by atoms with Crippen molar-refractivity contribution in [2.75, 3.05) is 13.1 Å².